The molecular weight excluding hydrogens is 405 g/mol. The molecule has 1 aromatic carbocycles. The maximum atomic E-state index is 14.9. The van der Waals surface area contributed by atoms with Gasteiger partial charge in [-0.15, -0.1) is 11.3 Å². The van der Waals surface area contributed by atoms with Crippen LogP contribution in [0.3, 0.4) is 0 Å². The first-order valence-corrected chi connectivity index (χ1v) is 9.51. The van der Waals surface area contributed by atoms with Gasteiger partial charge in [-0.1, -0.05) is 18.2 Å². The molecule has 0 bridgehead atoms. The topological polar surface area (TPSA) is 145 Å². The summed E-state index contributed by atoms with van der Waals surface area (Å²) in [6, 6.07) is 7.75. The van der Waals surface area contributed by atoms with Gasteiger partial charge in [0.15, 0.2) is 12.1 Å². The number of aliphatic hydroxyl groups is 3. The molecule has 5 atom stereocenters. The summed E-state index contributed by atoms with van der Waals surface area (Å²) in [5.74, 6) is -2.00. The second kappa shape index (κ2) is 7.13. The van der Waals surface area contributed by atoms with Crippen LogP contribution in [0, 0.1) is 0 Å². The Kier molecular flexibility index (Phi) is 4.89. The Morgan fingerprint density at radius 2 is 2.07 bits per heavy atom. The highest BCUT2D eigenvalue weighted by Gasteiger charge is 2.52. The molecule has 11 heteroatoms. The highest BCUT2D eigenvalue weighted by molar-refractivity contribution is 7.20. The summed E-state index contributed by atoms with van der Waals surface area (Å²) < 4.78 is 20.9. The maximum absolute atomic E-state index is 14.9. The van der Waals surface area contributed by atoms with Crippen molar-refractivity contribution in [3.8, 4) is 0 Å². The number of nitrogens with one attached hydrogen (secondary N) is 1. The molecule has 2 aromatic rings. The molecule has 1 fully saturated rings. The molecule has 0 saturated carbocycles. The maximum Gasteiger partial charge on any atom is 0.325 e. The van der Waals surface area contributed by atoms with E-state index in [-0.39, 0.29) is 4.88 Å². The number of ketones is 1. The van der Waals surface area contributed by atoms with Gasteiger partial charge in [-0.05, 0) is 17.5 Å². The number of hydrogen-bond acceptors (Lipinski definition) is 8. The number of carbonyl (C=O) groups excluding carboxylic acids is 2. The Balaban J connectivity index is 1.64. The summed E-state index contributed by atoms with van der Waals surface area (Å²) in [6.07, 6.45) is -5.02. The Hall–Kier alpha value is -2.41. The monoisotopic (exact) mass is 423 g/mol. The first-order valence-electron chi connectivity index (χ1n) is 8.69. The largest absolute Gasteiger partial charge is 0.394 e. The number of amides is 2. The number of ether oxygens (including phenoxy) is 1. The van der Waals surface area contributed by atoms with Crippen molar-refractivity contribution in [3.63, 3.8) is 0 Å². The summed E-state index contributed by atoms with van der Waals surface area (Å²) in [7, 11) is 0. The van der Waals surface area contributed by atoms with Crippen LogP contribution < -0.4 is 11.1 Å². The number of rotatable bonds is 4. The van der Waals surface area contributed by atoms with Crippen molar-refractivity contribution in [1.29, 1.82) is 0 Å². The van der Waals surface area contributed by atoms with E-state index in [0.717, 1.165) is 21.4 Å². The average Bonchev–Trinajstić information content (AvgIpc) is 3.26. The molecule has 2 amide bonds. The van der Waals surface area contributed by atoms with Crippen LogP contribution in [0.2, 0.25) is 0 Å². The second-order valence-corrected chi connectivity index (χ2v) is 7.91. The number of carbonyl (C=O) groups is 2. The van der Waals surface area contributed by atoms with Crippen LogP contribution in [0.15, 0.2) is 42.4 Å². The number of nitrogens with two attached hydrogens (primary N) is 1. The highest BCUT2D eigenvalue weighted by Crippen LogP contribution is 2.33. The third-order valence-corrected chi connectivity index (χ3v) is 6.08. The fourth-order valence-corrected chi connectivity index (χ4v) is 4.40. The van der Waals surface area contributed by atoms with Crippen LogP contribution in [0.25, 0.3) is 10.1 Å². The summed E-state index contributed by atoms with van der Waals surface area (Å²) in [5, 5.41) is 32.0. The van der Waals surface area contributed by atoms with Crippen LogP contribution in [0.5, 0.6) is 0 Å². The van der Waals surface area contributed by atoms with Crippen LogP contribution in [0.4, 0.5) is 9.18 Å². The van der Waals surface area contributed by atoms with Crippen LogP contribution in [0.1, 0.15) is 9.67 Å². The molecule has 1 saturated heterocycles. The minimum atomic E-state index is -2.42. The van der Waals surface area contributed by atoms with Crippen LogP contribution in [-0.2, 0) is 4.74 Å². The molecule has 6 N–H and O–H groups in total. The summed E-state index contributed by atoms with van der Waals surface area (Å²) >= 11 is 1.12. The van der Waals surface area contributed by atoms with Crippen molar-refractivity contribution < 1.29 is 34.0 Å². The third kappa shape index (κ3) is 3.12. The lowest BCUT2D eigenvalue weighted by atomic mass is 10.0. The molecule has 29 heavy (non-hydrogen) atoms. The number of fused-ring (bicyclic) bond motifs is 1. The predicted octanol–water partition coefficient (Wildman–Crippen LogP) is 0.0141. The molecule has 3 heterocycles. The Morgan fingerprint density at radius 1 is 1.34 bits per heavy atom. The number of nitrogens with zero attached hydrogens (tertiary/aromatic N) is 1. The molecule has 0 aliphatic carbocycles. The third-order valence-electron chi connectivity index (χ3n) is 4.97. The number of aliphatic hydroxyl groups excluding tert-OH is 3. The zero-order chi connectivity index (χ0) is 20.9. The van der Waals surface area contributed by atoms with Gasteiger partial charge in [-0.2, -0.15) is 0 Å². The summed E-state index contributed by atoms with van der Waals surface area (Å²) in [4.78, 5) is 26.3. The molecule has 2 aliphatic heterocycles. The first kappa shape index (κ1) is 19.9. The fourth-order valence-electron chi connectivity index (χ4n) is 3.33. The number of hydrogen-bond donors (Lipinski definition) is 5. The van der Waals surface area contributed by atoms with Gasteiger partial charge in [-0.3, -0.25) is 15.4 Å². The number of urea groups is 1. The minimum Gasteiger partial charge on any atom is -0.394 e. The number of thiophene rings is 1. The van der Waals surface area contributed by atoms with E-state index in [9.17, 15) is 24.2 Å². The van der Waals surface area contributed by atoms with Gasteiger partial charge in [0.1, 0.15) is 18.3 Å². The number of halogens is 1. The van der Waals surface area contributed by atoms with Gasteiger partial charge in [0.2, 0.25) is 11.4 Å². The zero-order valence-corrected chi connectivity index (χ0v) is 15.7. The lowest BCUT2D eigenvalue weighted by Gasteiger charge is -2.37. The van der Waals surface area contributed by atoms with Gasteiger partial charge in [0, 0.05) is 10.9 Å². The standard InChI is InChI=1S/C18H18FN3O6S/c19-12-6-22(16-14(25)13(24)9(7-23)28-16)17(27)21-18(12,20)15(26)11-5-8-3-1-2-4-10(8)29-11/h1-6,9,13-14,16,23-25H,7,20H2,(H,21,27)/t9-,13-,14-,16-,18?/m1/s1. The average molecular weight is 423 g/mol. The zero-order valence-electron chi connectivity index (χ0n) is 14.9. The molecule has 0 spiro atoms. The lowest BCUT2D eigenvalue weighted by Crippen LogP contribution is -2.68. The quantitative estimate of drug-likeness (QED) is 0.436. The SMILES string of the molecule is NC1(C(=O)c2cc3ccccc3s2)NC(=O)N([C@@H]2O[C@H](CO)[C@@H](O)[C@H]2O)C=C1F. The van der Waals surface area contributed by atoms with E-state index < -0.39 is 54.5 Å². The van der Waals surface area contributed by atoms with E-state index in [1.54, 1.807) is 30.3 Å². The number of benzene rings is 1. The molecule has 4 rings (SSSR count). The first-order chi connectivity index (χ1) is 13.8. The van der Waals surface area contributed by atoms with E-state index in [4.69, 9.17) is 15.6 Å². The van der Waals surface area contributed by atoms with Crippen molar-refractivity contribution in [2.75, 3.05) is 6.61 Å². The predicted molar refractivity (Wildman–Crippen MR) is 100 cm³/mol. The summed E-state index contributed by atoms with van der Waals surface area (Å²) in [6.45, 7) is -0.609. The number of Topliss-reactive ketones (excluding diaryl/α,β-unsaturated/α-hetero) is 1. The van der Waals surface area contributed by atoms with E-state index >= 15 is 0 Å². The Labute approximate surface area is 167 Å². The van der Waals surface area contributed by atoms with E-state index in [2.05, 4.69) is 5.32 Å². The second-order valence-electron chi connectivity index (χ2n) is 6.83. The molecule has 1 aromatic heterocycles. The minimum absolute atomic E-state index is 0.166. The lowest BCUT2D eigenvalue weighted by molar-refractivity contribution is -0.0679. The molecule has 0 radical (unpaired) electrons. The summed E-state index contributed by atoms with van der Waals surface area (Å²) in [5.41, 5.74) is 3.51. The fraction of sp³-hybridized carbons (Fsp3) is 0.333. The molecular formula is C18H18FN3O6S. The van der Waals surface area contributed by atoms with Crippen LogP contribution >= 0.6 is 11.3 Å². The van der Waals surface area contributed by atoms with Gasteiger partial charge in [0.05, 0.1) is 11.5 Å². The molecule has 154 valence electrons. The molecule has 2 aliphatic rings. The van der Waals surface area contributed by atoms with Gasteiger partial charge in [-0.25, -0.2) is 9.18 Å². The van der Waals surface area contributed by atoms with Crippen molar-refractivity contribution in [2.45, 2.75) is 30.2 Å². The van der Waals surface area contributed by atoms with Gasteiger partial charge < -0.3 is 25.4 Å². The molecule has 9 nitrogen and oxygen atoms in total. The van der Waals surface area contributed by atoms with Crippen molar-refractivity contribution in [1.82, 2.24) is 10.2 Å². The van der Waals surface area contributed by atoms with E-state index in [1.807, 2.05) is 0 Å². The Bertz CT molecular complexity index is 979. The molecule has 1 unspecified atom stereocenters. The van der Waals surface area contributed by atoms with Crippen molar-refractivity contribution in [3.05, 3.63) is 47.2 Å². The van der Waals surface area contributed by atoms with Crippen LogP contribution in [-0.4, -0.2) is 68.8 Å². The van der Waals surface area contributed by atoms with Crippen molar-refractivity contribution in [2.24, 2.45) is 5.73 Å². The van der Waals surface area contributed by atoms with E-state index in [0.29, 0.717) is 11.1 Å². The van der Waals surface area contributed by atoms with E-state index in [1.165, 1.54) is 0 Å². The normalized spacial score (nSPS) is 32.4. The smallest absolute Gasteiger partial charge is 0.325 e. The van der Waals surface area contributed by atoms with Gasteiger partial charge in [0.25, 0.3) is 0 Å². The Morgan fingerprint density at radius 3 is 2.72 bits per heavy atom. The van der Waals surface area contributed by atoms with Gasteiger partial charge >= 0.3 is 6.03 Å². The highest BCUT2D eigenvalue weighted by atomic mass is 32.1. The van der Waals surface area contributed by atoms with Crippen molar-refractivity contribution >= 4 is 33.2 Å².